The van der Waals surface area contributed by atoms with Gasteiger partial charge in [-0.15, -0.1) is 0 Å². The Kier molecular flexibility index (Phi) is 8.30. The number of nitrogens with one attached hydrogen (secondary N) is 3. The molecule has 204 valence electrons. The van der Waals surface area contributed by atoms with Crippen LogP contribution in [0.2, 0.25) is 0 Å². The summed E-state index contributed by atoms with van der Waals surface area (Å²) in [5.74, 6) is 1.44. The second-order valence-electron chi connectivity index (χ2n) is 9.34. The third-order valence-corrected chi connectivity index (χ3v) is 6.38. The van der Waals surface area contributed by atoms with Gasteiger partial charge in [-0.2, -0.15) is 0 Å². The quantitative estimate of drug-likeness (QED) is 0.249. The molecule has 0 aliphatic carbocycles. The molecule has 11 nitrogen and oxygen atoms in total. The number of pyridine rings is 1. The highest BCUT2D eigenvalue weighted by molar-refractivity contribution is 6.02. The van der Waals surface area contributed by atoms with Gasteiger partial charge in [0, 0.05) is 69.8 Å². The molecule has 4 aromatic rings. The monoisotopic (exact) mass is 529 g/mol. The number of aryl methyl sites for hydroxylation is 1. The summed E-state index contributed by atoms with van der Waals surface area (Å²) in [6, 6.07) is 7.60. The summed E-state index contributed by atoms with van der Waals surface area (Å²) in [7, 11) is 11.4. The first-order valence-electron chi connectivity index (χ1n) is 12.5. The van der Waals surface area contributed by atoms with Gasteiger partial charge in [-0.25, -0.2) is 15.0 Å². The largest absolute Gasteiger partial charge is 0.494 e. The van der Waals surface area contributed by atoms with E-state index in [9.17, 15) is 4.79 Å². The van der Waals surface area contributed by atoms with Crippen LogP contribution in [0.3, 0.4) is 0 Å². The van der Waals surface area contributed by atoms with Crippen LogP contribution >= 0.6 is 0 Å². The molecule has 0 radical (unpaired) electrons. The number of anilines is 5. The van der Waals surface area contributed by atoms with Gasteiger partial charge in [0.05, 0.1) is 35.4 Å². The molecule has 0 aliphatic heterocycles. The first-order chi connectivity index (χ1) is 18.7. The van der Waals surface area contributed by atoms with Crippen LogP contribution in [0.25, 0.3) is 22.2 Å². The number of rotatable bonds is 11. The lowest BCUT2D eigenvalue weighted by atomic mass is 10.1. The van der Waals surface area contributed by atoms with E-state index >= 15 is 0 Å². The van der Waals surface area contributed by atoms with E-state index in [1.54, 1.807) is 13.3 Å². The molecule has 0 saturated carbocycles. The summed E-state index contributed by atoms with van der Waals surface area (Å²) in [5.41, 5.74) is 4.62. The number of methoxy groups -OCH3 is 1. The molecule has 0 bridgehead atoms. The number of carbonyl (C=O) groups excluding carboxylic acids is 1. The highest BCUT2D eigenvalue weighted by Gasteiger charge is 2.18. The maximum Gasteiger partial charge on any atom is 0.247 e. The zero-order chi connectivity index (χ0) is 28.1. The molecule has 0 fully saturated rings. The van der Waals surface area contributed by atoms with Crippen LogP contribution in [-0.4, -0.2) is 78.7 Å². The number of amides is 1. The topological polar surface area (TPSA) is 112 Å². The highest BCUT2D eigenvalue weighted by atomic mass is 16.5. The zero-order valence-electron chi connectivity index (χ0n) is 23.2. The molecule has 3 N–H and O–H groups in total. The number of likely N-dealkylation sites (N-methyl/N-ethyl adjacent to an activating group) is 2. The van der Waals surface area contributed by atoms with Crippen molar-refractivity contribution in [1.29, 1.82) is 0 Å². The minimum Gasteiger partial charge on any atom is -0.494 e. The molecule has 0 atom stereocenters. The lowest BCUT2D eigenvalue weighted by Crippen LogP contribution is -2.29. The molecule has 4 rings (SSSR count). The van der Waals surface area contributed by atoms with E-state index in [2.05, 4.69) is 42.3 Å². The van der Waals surface area contributed by atoms with Crippen molar-refractivity contribution < 1.29 is 9.53 Å². The number of aromatic nitrogens is 4. The van der Waals surface area contributed by atoms with Gasteiger partial charge < -0.3 is 35.1 Å². The van der Waals surface area contributed by atoms with Crippen molar-refractivity contribution in [2.75, 3.05) is 69.2 Å². The third kappa shape index (κ3) is 5.93. The predicted molar refractivity (Wildman–Crippen MR) is 158 cm³/mol. The Morgan fingerprint density at radius 2 is 1.95 bits per heavy atom. The minimum absolute atomic E-state index is 0.309. The number of carbonyl (C=O) groups is 1. The Labute approximate surface area is 228 Å². The summed E-state index contributed by atoms with van der Waals surface area (Å²) in [4.78, 5) is 30.2. The molecule has 0 unspecified atom stereocenters. The number of ether oxygens (including phenoxy) is 1. The molecule has 1 aromatic carbocycles. The number of nitrogens with zero attached hydrogens (tertiary/aromatic N) is 6. The van der Waals surface area contributed by atoms with Gasteiger partial charge in [0.15, 0.2) is 0 Å². The van der Waals surface area contributed by atoms with Gasteiger partial charge in [0.1, 0.15) is 11.6 Å². The van der Waals surface area contributed by atoms with Crippen LogP contribution in [0.4, 0.5) is 28.8 Å². The molecule has 0 spiro atoms. The fourth-order valence-electron chi connectivity index (χ4n) is 4.28. The van der Waals surface area contributed by atoms with Gasteiger partial charge in [0.2, 0.25) is 11.9 Å². The average Bonchev–Trinajstić information content (AvgIpc) is 3.33. The Morgan fingerprint density at radius 3 is 2.64 bits per heavy atom. The van der Waals surface area contributed by atoms with E-state index < -0.39 is 0 Å². The van der Waals surface area contributed by atoms with Gasteiger partial charge in [-0.1, -0.05) is 6.58 Å². The number of fused-ring (bicyclic) bond motifs is 1. The van der Waals surface area contributed by atoms with Crippen molar-refractivity contribution in [3.05, 3.63) is 55.5 Å². The second-order valence-corrected chi connectivity index (χ2v) is 9.34. The van der Waals surface area contributed by atoms with Crippen molar-refractivity contribution in [3.63, 3.8) is 0 Å². The van der Waals surface area contributed by atoms with Crippen LogP contribution in [0.5, 0.6) is 5.75 Å². The normalized spacial score (nSPS) is 10.9. The molecule has 3 heterocycles. The summed E-state index contributed by atoms with van der Waals surface area (Å²) in [5, 5.41) is 10.4. The van der Waals surface area contributed by atoms with E-state index in [0.29, 0.717) is 23.1 Å². The molecule has 39 heavy (non-hydrogen) atoms. The summed E-state index contributed by atoms with van der Waals surface area (Å²) >= 11 is 0. The summed E-state index contributed by atoms with van der Waals surface area (Å²) in [6.07, 6.45) is 6.74. The van der Waals surface area contributed by atoms with Gasteiger partial charge >= 0.3 is 0 Å². The van der Waals surface area contributed by atoms with E-state index in [1.807, 2.05) is 76.5 Å². The van der Waals surface area contributed by atoms with Crippen LogP contribution in [0.15, 0.2) is 55.5 Å². The number of hydrogen-bond acceptors (Lipinski definition) is 9. The standard InChI is InChI=1S/C28H35N9O2/c1-8-25(38)32-21-15-22(24(39-7)16-23(21)36(5)14-13-35(3)4)34-28-30-11-9-20(33-28)19-17-31-27(29-2)26-18(19)10-12-37(26)6/h8-12,15-17H,1,13-14H2,2-7H3,(H,29,31)(H,32,38)(H,30,33,34). The average molecular weight is 530 g/mol. The first-order valence-corrected chi connectivity index (χ1v) is 12.5. The van der Waals surface area contributed by atoms with Crippen LogP contribution in [-0.2, 0) is 11.8 Å². The summed E-state index contributed by atoms with van der Waals surface area (Å²) in [6.45, 7) is 5.17. The molecular formula is C28H35N9O2. The Hall–Kier alpha value is -4.64. The SMILES string of the molecule is C=CC(=O)Nc1cc(Nc2nccc(-c3cnc(NC)c4c3ccn4C)n2)c(OC)cc1N(C)CCN(C)C. The Balaban J connectivity index is 1.72. The van der Waals surface area contributed by atoms with Crippen molar-refractivity contribution in [2.24, 2.45) is 7.05 Å². The van der Waals surface area contributed by atoms with E-state index in [0.717, 1.165) is 46.8 Å². The van der Waals surface area contributed by atoms with Crippen molar-refractivity contribution in [1.82, 2.24) is 24.4 Å². The van der Waals surface area contributed by atoms with Gasteiger partial charge in [0.25, 0.3) is 0 Å². The summed E-state index contributed by atoms with van der Waals surface area (Å²) < 4.78 is 7.74. The minimum atomic E-state index is -0.309. The third-order valence-electron chi connectivity index (χ3n) is 6.38. The Bertz CT molecular complexity index is 1500. The molecule has 3 aromatic heterocycles. The first kappa shape index (κ1) is 27.4. The van der Waals surface area contributed by atoms with Gasteiger partial charge in [-0.05, 0) is 38.4 Å². The van der Waals surface area contributed by atoms with Crippen LogP contribution < -0.4 is 25.6 Å². The maximum atomic E-state index is 12.3. The second kappa shape index (κ2) is 11.8. The van der Waals surface area contributed by atoms with Gasteiger partial charge in [-0.3, -0.25) is 4.79 Å². The van der Waals surface area contributed by atoms with E-state index in [-0.39, 0.29) is 5.91 Å². The Morgan fingerprint density at radius 1 is 1.15 bits per heavy atom. The number of hydrogen-bond donors (Lipinski definition) is 3. The molecule has 1 amide bonds. The number of benzene rings is 1. The molecule has 0 aliphatic rings. The fourth-order valence-corrected chi connectivity index (χ4v) is 4.28. The molecule has 11 heteroatoms. The van der Waals surface area contributed by atoms with Crippen molar-refractivity contribution in [2.45, 2.75) is 0 Å². The smallest absolute Gasteiger partial charge is 0.247 e. The maximum absolute atomic E-state index is 12.3. The molecular weight excluding hydrogens is 494 g/mol. The van der Waals surface area contributed by atoms with Crippen LogP contribution in [0.1, 0.15) is 0 Å². The van der Waals surface area contributed by atoms with E-state index in [1.165, 1.54) is 6.08 Å². The fraction of sp³-hybridized carbons (Fsp3) is 0.286. The van der Waals surface area contributed by atoms with E-state index in [4.69, 9.17) is 9.72 Å². The zero-order valence-corrected chi connectivity index (χ0v) is 23.2. The van der Waals surface area contributed by atoms with Crippen molar-refractivity contribution >= 4 is 45.6 Å². The lowest BCUT2D eigenvalue weighted by molar-refractivity contribution is -0.111. The highest BCUT2D eigenvalue weighted by Crippen LogP contribution is 2.38. The van der Waals surface area contributed by atoms with Crippen molar-refractivity contribution in [3.8, 4) is 17.0 Å². The predicted octanol–water partition coefficient (Wildman–Crippen LogP) is 3.95. The van der Waals surface area contributed by atoms with Crippen LogP contribution in [0, 0.1) is 0 Å². The molecule has 0 saturated heterocycles. The lowest BCUT2D eigenvalue weighted by Gasteiger charge is -2.26.